The fraction of sp³-hybridized carbons (Fsp3) is 0.150. The number of hydrogen-bond donors (Lipinski definition) is 1. The smallest absolute Gasteiger partial charge is 0.264 e. The summed E-state index contributed by atoms with van der Waals surface area (Å²) in [6.45, 7) is 1.80. The molecule has 2 heterocycles. The second-order valence-corrected chi connectivity index (χ2v) is 6.36. The normalized spacial score (nSPS) is 10.7. The van der Waals surface area contributed by atoms with Crippen molar-refractivity contribution in [2.75, 3.05) is 19.0 Å². The van der Waals surface area contributed by atoms with Crippen LogP contribution in [0.2, 0.25) is 0 Å². The third-order valence-electron chi connectivity index (χ3n) is 3.58. The van der Waals surface area contributed by atoms with Gasteiger partial charge in [0.15, 0.2) is 23.2 Å². The minimum atomic E-state index is -0.295. The van der Waals surface area contributed by atoms with Gasteiger partial charge in [0.05, 0.1) is 12.8 Å². The molecule has 0 aliphatic carbocycles. The molecule has 2 aromatic heterocycles. The third-order valence-corrected chi connectivity index (χ3v) is 4.34. The highest BCUT2D eigenvalue weighted by Crippen LogP contribution is 2.29. The van der Waals surface area contributed by atoms with E-state index in [1.165, 1.54) is 11.3 Å². The zero-order chi connectivity index (χ0) is 19.1. The fourth-order valence-electron chi connectivity index (χ4n) is 2.36. The van der Waals surface area contributed by atoms with Crippen molar-refractivity contribution in [1.29, 1.82) is 0 Å². The minimum Gasteiger partial charge on any atom is -0.493 e. The molecule has 0 saturated heterocycles. The van der Waals surface area contributed by atoms with E-state index < -0.39 is 0 Å². The number of methoxy groups -OCH3 is 1. The van der Waals surface area contributed by atoms with Gasteiger partial charge < -0.3 is 9.47 Å². The number of ether oxygens (including phenoxy) is 2. The van der Waals surface area contributed by atoms with E-state index in [4.69, 9.17) is 9.47 Å². The molecular formula is C20H19N3O3S. The predicted octanol–water partition coefficient (Wildman–Crippen LogP) is 4.26. The van der Waals surface area contributed by atoms with Crippen LogP contribution in [0.1, 0.15) is 12.5 Å². The number of carbonyl (C=O) groups excluding carboxylic acids is 1. The topological polar surface area (TPSA) is 73.3 Å². The number of carbonyl (C=O) groups is 1. The van der Waals surface area contributed by atoms with Crippen molar-refractivity contribution in [2.24, 2.45) is 0 Å². The molecule has 0 saturated carbocycles. The minimum absolute atomic E-state index is 0.141. The van der Waals surface area contributed by atoms with Gasteiger partial charge in [-0.1, -0.05) is 24.3 Å². The van der Waals surface area contributed by atoms with Crippen LogP contribution in [0.15, 0.2) is 54.1 Å². The molecule has 1 amide bonds. The number of pyridine rings is 1. The molecule has 0 fully saturated rings. The van der Waals surface area contributed by atoms with Crippen LogP contribution in [0.4, 0.5) is 5.13 Å². The van der Waals surface area contributed by atoms with Gasteiger partial charge >= 0.3 is 0 Å². The summed E-state index contributed by atoms with van der Waals surface area (Å²) >= 11 is 1.34. The van der Waals surface area contributed by atoms with Crippen molar-refractivity contribution >= 4 is 28.5 Å². The first kappa shape index (κ1) is 18.6. The number of allylic oxidation sites excluding steroid dienone is 1. The summed E-state index contributed by atoms with van der Waals surface area (Å²) in [5.74, 6) is 0.788. The van der Waals surface area contributed by atoms with Crippen LogP contribution in [-0.2, 0) is 4.79 Å². The Hall–Kier alpha value is -3.19. The van der Waals surface area contributed by atoms with Gasteiger partial charge in [0.1, 0.15) is 5.69 Å². The number of nitrogens with zero attached hydrogens (tertiary/aromatic N) is 2. The van der Waals surface area contributed by atoms with Crippen molar-refractivity contribution in [2.45, 2.75) is 6.92 Å². The van der Waals surface area contributed by atoms with Crippen molar-refractivity contribution < 1.29 is 14.3 Å². The molecule has 27 heavy (non-hydrogen) atoms. The van der Waals surface area contributed by atoms with Gasteiger partial charge in [-0.2, -0.15) is 0 Å². The van der Waals surface area contributed by atoms with E-state index in [2.05, 4.69) is 15.3 Å². The Morgan fingerprint density at radius 3 is 2.85 bits per heavy atom. The van der Waals surface area contributed by atoms with Crippen LogP contribution in [-0.4, -0.2) is 29.6 Å². The SMILES string of the molecule is C/C=C/c1ccc(OCC(=O)Nc2nc(-c3ccccn3)cs2)c(OC)c1. The Morgan fingerprint density at radius 1 is 1.22 bits per heavy atom. The van der Waals surface area contributed by atoms with E-state index in [1.807, 2.05) is 54.8 Å². The van der Waals surface area contributed by atoms with E-state index in [9.17, 15) is 4.79 Å². The first-order valence-electron chi connectivity index (χ1n) is 8.30. The van der Waals surface area contributed by atoms with Gasteiger partial charge in [-0.3, -0.25) is 15.1 Å². The van der Waals surface area contributed by atoms with Gasteiger partial charge in [-0.05, 0) is 36.8 Å². The molecule has 1 N–H and O–H groups in total. The molecule has 0 spiro atoms. The number of aromatic nitrogens is 2. The van der Waals surface area contributed by atoms with E-state index in [0.29, 0.717) is 16.6 Å². The standard InChI is InChI=1S/C20H19N3O3S/c1-3-6-14-8-9-17(18(11-14)25-2)26-12-19(24)23-20-22-16(13-27-20)15-7-4-5-10-21-15/h3-11,13H,12H2,1-2H3,(H,22,23,24)/b6-3+. The molecule has 7 heteroatoms. The second-order valence-electron chi connectivity index (χ2n) is 5.50. The summed E-state index contributed by atoms with van der Waals surface area (Å²) in [6, 6.07) is 11.1. The van der Waals surface area contributed by atoms with Crippen molar-refractivity contribution in [3.63, 3.8) is 0 Å². The summed E-state index contributed by atoms with van der Waals surface area (Å²) in [4.78, 5) is 20.8. The average Bonchev–Trinajstić information content (AvgIpc) is 3.16. The molecule has 0 unspecified atom stereocenters. The summed E-state index contributed by atoms with van der Waals surface area (Å²) in [5, 5.41) is 5.08. The molecule has 0 bridgehead atoms. The number of thiazole rings is 1. The Bertz CT molecular complexity index is 939. The summed E-state index contributed by atoms with van der Waals surface area (Å²) in [5.41, 5.74) is 2.48. The van der Waals surface area contributed by atoms with Crippen molar-refractivity contribution in [3.8, 4) is 22.9 Å². The lowest BCUT2D eigenvalue weighted by molar-refractivity contribution is -0.118. The first-order chi connectivity index (χ1) is 13.2. The second kappa shape index (κ2) is 8.95. The Morgan fingerprint density at radius 2 is 2.11 bits per heavy atom. The monoisotopic (exact) mass is 381 g/mol. The number of nitrogens with one attached hydrogen (secondary N) is 1. The van der Waals surface area contributed by atoms with Crippen LogP contribution in [0.5, 0.6) is 11.5 Å². The van der Waals surface area contributed by atoms with Crippen LogP contribution in [0.3, 0.4) is 0 Å². The first-order valence-corrected chi connectivity index (χ1v) is 9.18. The maximum absolute atomic E-state index is 12.2. The highest BCUT2D eigenvalue weighted by atomic mass is 32.1. The summed E-state index contributed by atoms with van der Waals surface area (Å²) < 4.78 is 10.9. The zero-order valence-electron chi connectivity index (χ0n) is 15.0. The van der Waals surface area contributed by atoms with Gasteiger partial charge in [-0.15, -0.1) is 11.3 Å². The fourth-order valence-corrected chi connectivity index (χ4v) is 3.08. The highest BCUT2D eigenvalue weighted by molar-refractivity contribution is 7.14. The molecule has 138 valence electrons. The predicted molar refractivity (Wildman–Crippen MR) is 107 cm³/mol. The van der Waals surface area contributed by atoms with Crippen LogP contribution in [0, 0.1) is 0 Å². The number of benzene rings is 1. The lowest BCUT2D eigenvalue weighted by Gasteiger charge is -2.11. The molecule has 0 radical (unpaired) electrons. The van der Waals surface area contributed by atoms with Gasteiger partial charge in [-0.25, -0.2) is 4.98 Å². The molecule has 6 nitrogen and oxygen atoms in total. The van der Waals surface area contributed by atoms with E-state index in [0.717, 1.165) is 17.0 Å². The Labute approximate surface area is 161 Å². The van der Waals surface area contributed by atoms with E-state index >= 15 is 0 Å². The number of anilines is 1. The van der Waals surface area contributed by atoms with Gasteiger partial charge in [0, 0.05) is 11.6 Å². The zero-order valence-corrected chi connectivity index (χ0v) is 15.8. The lowest BCUT2D eigenvalue weighted by atomic mass is 10.2. The molecular weight excluding hydrogens is 362 g/mol. The molecule has 0 atom stereocenters. The summed E-state index contributed by atoms with van der Waals surface area (Å²) in [6.07, 6.45) is 5.60. The Balaban J connectivity index is 1.60. The number of hydrogen-bond acceptors (Lipinski definition) is 6. The third kappa shape index (κ3) is 4.92. The van der Waals surface area contributed by atoms with Crippen LogP contribution in [0.25, 0.3) is 17.5 Å². The van der Waals surface area contributed by atoms with E-state index in [-0.39, 0.29) is 12.5 Å². The molecule has 0 aliphatic heterocycles. The van der Waals surface area contributed by atoms with Crippen molar-refractivity contribution in [1.82, 2.24) is 9.97 Å². The lowest BCUT2D eigenvalue weighted by Crippen LogP contribution is -2.20. The van der Waals surface area contributed by atoms with Crippen LogP contribution < -0.4 is 14.8 Å². The maximum Gasteiger partial charge on any atom is 0.264 e. The Kier molecular flexibility index (Phi) is 6.17. The molecule has 1 aromatic carbocycles. The molecule has 3 aromatic rings. The summed E-state index contributed by atoms with van der Waals surface area (Å²) in [7, 11) is 1.57. The largest absolute Gasteiger partial charge is 0.493 e. The average molecular weight is 381 g/mol. The molecule has 0 aliphatic rings. The number of amides is 1. The molecule has 3 rings (SSSR count). The highest BCUT2D eigenvalue weighted by Gasteiger charge is 2.11. The van der Waals surface area contributed by atoms with Gasteiger partial charge in [0.25, 0.3) is 5.91 Å². The number of rotatable bonds is 7. The van der Waals surface area contributed by atoms with E-state index in [1.54, 1.807) is 19.4 Å². The maximum atomic E-state index is 12.2. The quantitative estimate of drug-likeness (QED) is 0.662. The van der Waals surface area contributed by atoms with Crippen LogP contribution >= 0.6 is 11.3 Å². The van der Waals surface area contributed by atoms with Gasteiger partial charge in [0.2, 0.25) is 0 Å². The van der Waals surface area contributed by atoms with Crippen molar-refractivity contribution in [3.05, 3.63) is 59.6 Å².